The van der Waals surface area contributed by atoms with Crippen LogP contribution < -0.4 is 0 Å². The van der Waals surface area contributed by atoms with Crippen LogP contribution in [0.4, 0.5) is 9.59 Å². The highest BCUT2D eigenvalue weighted by atomic mass is 16.6. The second kappa shape index (κ2) is 8.15. The molecule has 0 spiro atoms. The molecule has 1 aliphatic rings. The maximum Gasteiger partial charge on any atom is 0.421 e. The Morgan fingerprint density at radius 3 is 2.42 bits per heavy atom. The van der Waals surface area contributed by atoms with Crippen molar-refractivity contribution in [3.63, 3.8) is 0 Å². The summed E-state index contributed by atoms with van der Waals surface area (Å²) in [6, 6.07) is 9.32. The molecule has 1 heterocycles. The first-order valence-electron chi connectivity index (χ1n) is 8.48. The molecule has 0 aliphatic carbocycles. The lowest BCUT2D eigenvalue weighted by Gasteiger charge is -2.36. The molecule has 132 valence electrons. The minimum Gasteiger partial charge on any atom is -0.371 e. The van der Waals surface area contributed by atoms with E-state index in [-0.39, 0.29) is 6.54 Å². The summed E-state index contributed by atoms with van der Waals surface area (Å²) < 4.78 is 5.03. The molecule has 2 amide bonds. The molecule has 1 N–H and O–H groups in total. The van der Waals surface area contributed by atoms with Crippen LogP contribution in [0.5, 0.6) is 0 Å². The van der Waals surface area contributed by atoms with Crippen molar-refractivity contribution in [3.05, 3.63) is 35.9 Å². The van der Waals surface area contributed by atoms with Crippen molar-refractivity contribution in [1.29, 1.82) is 0 Å². The van der Waals surface area contributed by atoms with Gasteiger partial charge in [-0.25, -0.2) is 9.59 Å². The Balaban J connectivity index is 2.08. The van der Waals surface area contributed by atoms with Crippen molar-refractivity contribution in [2.24, 2.45) is 0 Å². The second-order valence-electron chi connectivity index (χ2n) is 6.32. The van der Waals surface area contributed by atoms with Gasteiger partial charge in [0.1, 0.15) is 5.72 Å². The largest absolute Gasteiger partial charge is 0.421 e. The first-order valence-corrected chi connectivity index (χ1v) is 8.48. The van der Waals surface area contributed by atoms with Crippen LogP contribution in [0.15, 0.2) is 30.3 Å². The van der Waals surface area contributed by atoms with Gasteiger partial charge in [0, 0.05) is 13.1 Å². The number of hydrogen-bond acceptors (Lipinski definition) is 4. The van der Waals surface area contributed by atoms with E-state index in [1.165, 1.54) is 4.90 Å². The zero-order valence-electron chi connectivity index (χ0n) is 14.4. The van der Waals surface area contributed by atoms with E-state index in [9.17, 15) is 14.7 Å². The number of amides is 2. The average Bonchev–Trinajstić information content (AvgIpc) is 2.61. The zero-order chi connectivity index (χ0) is 17.6. The highest BCUT2D eigenvalue weighted by Gasteiger charge is 2.35. The summed E-state index contributed by atoms with van der Waals surface area (Å²) in [5, 5.41) is 10.5. The molecule has 0 saturated carbocycles. The number of benzene rings is 1. The van der Waals surface area contributed by atoms with Gasteiger partial charge in [-0.2, -0.15) is 0 Å². The molecule has 1 atom stereocenters. The first-order chi connectivity index (χ1) is 11.4. The van der Waals surface area contributed by atoms with E-state index >= 15 is 0 Å². The van der Waals surface area contributed by atoms with Gasteiger partial charge in [-0.05, 0) is 38.2 Å². The smallest absolute Gasteiger partial charge is 0.371 e. The molecule has 6 heteroatoms. The lowest BCUT2D eigenvalue weighted by atomic mass is 10.1. The number of hydrogen-bond donors (Lipinski definition) is 1. The number of ether oxygens (including phenoxy) is 1. The number of nitrogens with zero attached hydrogens (tertiary/aromatic N) is 2. The first kappa shape index (κ1) is 18.3. The van der Waals surface area contributed by atoms with E-state index in [4.69, 9.17) is 4.74 Å². The Morgan fingerprint density at radius 2 is 1.83 bits per heavy atom. The van der Waals surface area contributed by atoms with E-state index in [0.29, 0.717) is 19.5 Å². The fraction of sp³-hybridized carbons (Fsp3) is 0.556. The van der Waals surface area contributed by atoms with Crippen LogP contribution in [0.25, 0.3) is 0 Å². The summed E-state index contributed by atoms with van der Waals surface area (Å²) in [5.41, 5.74) is -0.539. The van der Waals surface area contributed by atoms with Crippen LogP contribution in [0.1, 0.15) is 45.1 Å². The van der Waals surface area contributed by atoms with Gasteiger partial charge in [0.25, 0.3) is 0 Å². The van der Waals surface area contributed by atoms with Crippen LogP contribution in [0.2, 0.25) is 0 Å². The maximum atomic E-state index is 12.5. The highest BCUT2D eigenvalue weighted by molar-refractivity contribution is 5.84. The topological polar surface area (TPSA) is 70.1 Å². The third kappa shape index (κ3) is 4.71. The molecule has 1 aliphatic heterocycles. The SMILES string of the molecule is CCC(C)(O)N(Cc1ccccc1)C(=O)OC(=O)N1CCCCC1. The lowest BCUT2D eigenvalue weighted by Crippen LogP contribution is -2.50. The van der Waals surface area contributed by atoms with E-state index in [0.717, 1.165) is 24.8 Å². The van der Waals surface area contributed by atoms with Crippen LogP contribution in [-0.2, 0) is 11.3 Å². The molecule has 0 radical (unpaired) electrons. The molecular weight excluding hydrogens is 308 g/mol. The quantitative estimate of drug-likeness (QED) is 0.677. The fourth-order valence-corrected chi connectivity index (χ4v) is 2.66. The van der Waals surface area contributed by atoms with Crippen molar-refractivity contribution >= 4 is 12.2 Å². The predicted molar refractivity (Wildman–Crippen MR) is 90.2 cm³/mol. The number of likely N-dealkylation sites (tertiary alicyclic amines) is 1. The summed E-state index contributed by atoms with van der Waals surface area (Å²) in [5.74, 6) is 0. The molecule has 1 unspecified atom stereocenters. The van der Waals surface area contributed by atoms with Gasteiger partial charge >= 0.3 is 12.2 Å². The van der Waals surface area contributed by atoms with Crippen molar-refractivity contribution in [2.75, 3.05) is 13.1 Å². The van der Waals surface area contributed by atoms with Crippen LogP contribution in [0, 0.1) is 0 Å². The lowest BCUT2D eigenvalue weighted by molar-refractivity contribution is -0.0854. The van der Waals surface area contributed by atoms with Crippen molar-refractivity contribution < 1.29 is 19.4 Å². The zero-order valence-corrected chi connectivity index (χ0v) is 14.4. The second-order valence-corrected chi connectivity index (χ2v) is 6.32. The van der Waals surface area contributed by atoms with Crippen molar-refractivity contribution in [3.8, 4) is 0 Å². The molecule has 2 rings (SSSR count). The Kier molecular flexibility index (Phi) is 6.20. The van der Waals surface area contributed by atoms with Crippen LogP contribution >= 0.6 is 0 Å². The number of rotatable bonds is 4. The molecule has 1 fully saturated rings. The van der Waals surface area contributed by atoms with Gasteiger partial charge in [-0.1, -0.05) is 37.3 Å². The highest BCUT2D eigenvalue weighted by Crippen LogP contribution is 2.21. The van der Waals surface area contributed by atoms with E-state index in [1.54, 1.807) is 18.7 Å². The maximum absolute atomic E-state index is 12.5. The fourth-order valence-electron chi connectivity index (χ4n) is 2.66. The molecule has 0 bridgehead atoms. The minimum atomic E-state index is -1.39. The van der Waals surface area contributed by atoms with E-state index < -0.39 is 17.9 Å². The minimum absolute atomic E-state index is 0.174. The molecule has 1 aromatic carbocycles. The summed E-state index contributed by atoms with van der Waals surface area (Å²) in [7, 11) is 0. The number of aliphatic hydroxyl groups is 1. The summed E-state index contributed by atoms with van der Waals surface area (Å²) >= 11 is 0. The third-order valence-electron chi connectivity index (χ3n) is 4.44. The van der Waals surface area contributed by atoms with E-state index in [1.807, 2.05) is 30.3 Å². The standard InChI is InChI=1S/C18H26N2O4/c1-3-18(2,23)20(14-15-10-6-4-7-11-15)17(22)24-16(21)19-12-8-5-9-13-19/h4,6-7,10-11,23H,3,5,8-9,12-14H2,1-2H3. The van der Waals surface area contributed by atoms with Gasteiger partial charge in [0.15, 0.2) is 0 Å². The molecule has 24 heavy (non-hydrogen) atoms. The number of carbonyl (C=O) groups excluding carboxylic acids is 2. The predicted octanol–water partition coefficient (Wildman–Crippen LogP) is 3.35. The molecule has 1 aromatic rings. The molecule has 1 saturated heterocycles. The van der Waals surface area contributed by atoms with E-state index in [2.05, 4.69) is 0 Å². The van der Waals surface area contributed by atoms with Gasteiger partial charge in [-0.15, -0.1) is 0 Å². The summed E-state index contributed by atoms with van der Waals surface area (Å²) in [6.45, 7) is 4.71. The van der Waals surface area contributed by atoms with Crippen LogP contribution in [0.3, 0.4) is 0 Å². The van der Waals surface area contributed by atoms with Gasteiger partial charge in [0.05, 0.1) is 6.54 Å². The third-order valence-corrected chi connectivity index (χ3v) is 4.44. The molecular formula is C18H26N2O4. The Hall–Kier alpha value is -2.08. The summed E-state index contributed by atoms with van der Waals surface area (Å²) in [4.78, 5) is 27.4. The normalized spacial score (nSPS) is 17.0. The van der Waals surface area contributed by atoms with Crippen molar-refractivity contribution in [2.45, 2.75) is 51.8 Å². The number of piperidine rings is 1. The van der Waals surface area contributed by atoms with Crippen molar-refractivity contribution in [1.82, 2.24) is 9.80 Å². The van der Waals surface area contributed by atoms with Gasteiger partial charge in [0.2, 0.25) is 0 Å². The average molecular weight is 334 g/mol. The Bertz CT molecular complexity index is 553. The van der Waals surface area contributed by atoms with Crippen LogP contribution in [-0.4, -0.2) is 45.9 Å². The summed E-state index contributed by atoms with van der Waals surface area (Å²) in [6.07, 6.45) is 1.80. The van der Waals surface area contributed by atoms with Gasteiger partial charge in [-0.3, -0.25) is 4.90 Å². The Morgan fingerprint density at radius 1 is 1.21 bits per heavy atom. The van der Waals surface area contributed by atoms with Gasteiger partial charge < -0.3 is 14.7 Å². The Labute approximate surface area is 143 Å². The molecule has 6 nitrogen and oxygen atoms in total. The monoisotopic (exact) mass is 334 g/mol. The number of carbonyl (C=O) groups is 2. The molecule has 0 aromatic heterocycles.